The van der Waals surface area contributed by atoms with Crippen LogP contribution in [-0.4, -0.2) is 27.1 Å². The third kappa shape index (κ3) is 5.21. The first-order valence-electron chi connectivity index (χ1n) is 10.7. The lowest BCUT2D eigenvalue weighted by Crippen LogP contribution is -2.35. The summed E-state index contributed by atoms with van der Waals surface area (Å²) in [5.41, 5.74) is 5.35. The normalized spacial score (nSPS) is 10.8. The third-order valence-corrected chi connectivity index (χ3v) is 5.84. The second-order valence-corrected chi connectivity index (χ2v) is 8.40. The Bertz CT molecular complexity index is 1350. The van der Waals surface area contributed by atoms with E-state index in [1.165, 1.54) is 0 Å². The zero-order valence-corrected chi connectivity index (χ0v) is 19.7. The van der Waals surface area contributed by atoms with Gasteiger partial charge in [-0.3, -0.25) is 9.78 Å². The maximum atomic E-state index is 12.9. The molecule has 0 radical (unpaired) electrons. The Labute approximate surface area is 198 Å². The van der Waals surface area contributed by atoms with Gasteiger partial charge in [0.05, 0.1) is 19.3 Å². The van der Waals surface area contributed by atoms with Gasteiger partial charge in [0.25, 0.3) is 5.56 Å². The standard InChI is InChI=1S/C26H26N4O2S/c1-17-11-18(2)21-13-20(25(31)28-23(21)12-17)16-30(15-19-7-6-10-27-14-19)26(33)29-22-8-4-5-9-24(22)32-3/h4-14H,15-16H2,1-3H3,(H,28,31)(H,29,33). The summed E-state index contributed by atoms with van der Waals surface area (Å²) in [6.07, 6.45) is 3.54. The number of nitrogens with one attached hydrogen (secondary N) is 2. The van der Waals surface area contributed by atoms with E-state index >= 15 is 0 Å². The fraction of sp³-hybridized carbons (Fsp3) is 0.192. The first kappa shape index (κ1) is 22.5. The highest BCUT2D eigenvalue weighted by molar-refractivity contribution is 7.80. The highest BCUT2D eigenvalue weighted by atomic mass is 32.1. The monoisotopic (exact) mass is 458 g/mol. The minimum Gasteiger partial charge on any atom is -0.495 e. The number of ether oxygens (including phenoxy) is 1. The van der Waals surface area contributed by atoms with E-state index in [4.69, 9.17) is 17.0 Å². The number of H-pyrrole nitrogens is 1. The van der Waals surface area contributed by atoms with Gasteiger partial charge in [0.1, 0.15) is 5.75 Å². The molecule has 4 rings (SSSR count). The number of para-hydroxylation sites is 2. The van der Waals surface area contributed by atoms with Crippen molar-refractivity contribution in [3.05, 3.63) is 99.6 Å². The maximum Gasteiger partial charge on any atom is 0.253 e. The van der Waals surface area contributed by atoms with Crippen LogP contribution in [0.15, 0.2) is 71.8 Å². The van der Waals surface area contributed by atoms with Gasteiger partial charge in [0.2, 0.25) is 0 Å². The number of methoxy groups -OCH3 is 1. The number of nitrogens with zero attached hydrogens (tertiary/aromatic N) is 2. The molecule has 2 N–H and O–H groups in total. The van der Waals surface area contributed by atoms with E-state index in [1.807, 2.05) is 60.4 Å². The smallest absolute Gasteiger partial charge is 0.253 e. The molecule has 7 heteroatoms. The molecule has 0 aliphatic rings. The van der Waals surface area contributed by atoms with Crippen molar-refractivity contribution in [2.24, 2.45) is 0 Å². The van der Waals surface area contributed by atoms with Crippen molar-refractivity contribution < 1.29 is 4.74 Å². The number of aromatic nitrogens is 2. The van der Waals surface area contributed by atoms with Gasteiger partial charge in [-0.15, -0.1) is 0 Å². The summed E-state index contributed by atoms with van der Waals surface area (Å²) >= 11 is 5.77. The number of anilines is 1. The van der Waals surface area contributed by atoms with E-state index in [0.29, 0.717) is 29.5 Å². The predicted octanol–water partition coefficient (Wildman–Crippen LogP) is 4.95. The number of hydrogen-bond acceptors (Lipinski definition) is 4. The number of aryl methyl sites for hydroxylation is 2. The summed E-state index contributed by atoms with van der Waals surface area (Å²) in [5.74, 6) is 0.690. The summed E-state index contributed by atoms with van der Waals surface area (Å²) in [4.78, 5) is 22.2. The Morgan fingerprint density at radius 1 is 1.12 bits per heavy atom. The van der Waals surface area contributed by atoms with Crippen molar-refractivity contribution in [1.29, 1.82) is 0 Å². The number of pyridine rings is 2. The van der Waals surface area contributed by atoms with Gasteiger partial charge in [-0.2, -0.15) is 0 Å². The Kier molecular flexibility index (Phi) is 6.70. The molecule has 0 unspecified atom stereocenters. The fourth-order valence-corrected chi connectivity index (χ4v) is 4.13. The molecule has 0 saturated carbocycles. The van der Waals surface area contributed by atoms with Gasteiger partial charge >= 0.3 is 0 Å². The molecule has 2 heterocycles. The van der Waals surface area contributed by atoms with E-state index in [0.717, 1.165) is 33.3 Å². The van der Waals surface area contributed by atoms with E-state index < -0.39 is 0 Å². The number of hydrogen-bond donors (Lipinski definition) is 2. The molecule has 0 amide bonds. The number of aromatic amines is 1. The molecule has 6 nitrogen and oxygen atoms in total. The maximum absolute atomic E-state index is 12.9. The zero-order chi connectivity index (χ0) is 23.4. The molecule has 0 saturated heterocycles. The van der Waals surface area contributed by atoms with Gasteiger partial charge < -0.3 is 19.9 Å². The summed E-state index contributed by atoms with van der Waals surface area (Å²) in [6, 6.07) is 17.5. The number of rotatable bonds is 6. The minimum absolute atomic E-state index is 0.122. The molecule has 0 atom stereocenters. The molecule has 0 fully saturated rings. The lowest BCUT2D eigenvalue weighted by Gasteiger charge is -2.26. The van der Waals surface area contributed by atoms with Crippen LogP contribution in [0, 0.1) is 13.8 Å². The van der Waals surface area contributed by atoms with Crippen LogP contribution in [0.25, 0.3) is 10.9 Å². The molecule has 0 aliphatic carbocycles. The van der Waals surface area contributed by atoms with Crippen LogP contribution in [0.5, 0.6) is 5.75 Å². The molecule has 4 aromatic rings. The van der Waals surface area contributed by atoms with Crippen LogP contribution in [0.3, 0.4) is 0 Å². The van der Waals surface area contributed by atoms with E-state index in [1.54, 1.807) is 19.5 Å². The minimum atomic E-state index is -0.122. The number of fused-ring (bicyclic) bond motifs is 1. The summed E-state index contributed by atoms with van der Waals surface area (Å²) in [5, 5.41) is 4.79. The molecular weight excluding hydrogens is 432 g/mol. The van der Waals surface area contributed by atoms with Gasteiger partial charge in [-0.25, -0.2) is 0 Å². The molecule has 2 aromatic carbocycles. The average Bonchev–Trinajstić information content (AvgIpc) is 2.80. The van der Waals surface area contributed by atoms with Crippen LogP contribution in [0.1, 0.15) is 22.3 Å². The molecule has 0 spiro atoms. The molecule has 0 bridgehead atoms. The number of benzene rings is 2. The first-order chi connectivity index (χ1) is 15.9. The Hall–Kier alpha value is -3.71. The van der Waals surface area contributed by atoms with E-state index in [-0.39, 0.29) is 5.56 Å². The first-order valence-corrected chi connectivity index (χ1v) is 11.1. The summed E-state index contributed by atoms with van der Waals surface area (Å²) in [6.45, 7) is 4.92. The second-order valence-electron chi connectivity index (χ2n) is 8.01. The lowest BCUT2D eigenvalue weighted by atomic mass is 10.0. The van der Waals surface area contributed by atoms with Crippen LogP contribution in [0.2, 0.25) is 0 Å². The van der Waals surface area contributed by atoms with Crippen molar-refractivity contribution in [2.45, 2.75) is 26.9 Å². The molecule has 33 heavy (non-hydrogen) atoms. The van der Waals surface area contributed by atoms with Gasteiger partial charge in [-0.1, -0.05) is 24.3 Å². The lowest BCUT2D eigenvalue weighted by molar-refractivity contribution is 0.407. The van der Waals surface area contributed by atoms with Crippen molar-refractivity contribution >= 4 is 33.9 Å². The quantitative estimate of drug-likeness (QED) is 0.399. The Morgan fingerprint density at radius 2 is 1.94 bits per heavy atom. The van der Waals surface area contributed by atoms with Crippen molar-refractivity contribution in [3.8, 4) is 5.75 Å². The SMILES string of the molecule is COc1ccccc1NC(=S)N(Cc1cccnc1)Cc1cc2c(C)cc(C)cc2[nH]c1=O. The predicted molar refractivity (Wildman–Crippen MR) is 137 cm³/mol. The summed E-state index contributed by atoms with van der Waals surface area (Å²) < 4.78 is 5.45. The second kappa shape index (κ2) is 9.83. The van der Waals surface area contributed by atoms with E-state index in [2.05, 4.69) is 28.3 Å². The molecule has 0 aliphatic heterocycles. The third-order valence-electron chi connectivity index (χ3n) is 5.48. The van der Waals surface area contributed by atoms with Gasteiger partial charge in [-0.05, 0) is 73.1 Å². The van der Waals surface area contributed by atoms with Gasteiger partial charge in [0, 0.05) is 35.4 Å². The molecule has 168 valence electrons. The van der Waals surface area contributed by atoms with Crippen molar-refractivity contribution in [3.63, 3.8) is 0 Å². The average molecular weight is 459 g/mol. The van der Waals surface area contributed by atoms with E-state index in [9.17, 15) is 4.79 Å². The van der Waals surface area contributed by atoms with Crippen LogP contribution in [0.4, 0.5) is 5.69 Å². The van der Waals surface area contributed by atoms with Gasteiger partial charge in [0.15, 0.2) is 5.11 Å². The number of thiocarbonyl (C=S) groups is 1. The largest absolute Gasteiger partial charge is 0.495 e. The zero-order valence-electron chi connectivity index (χ0n) is 18.9. The van der Waals surface area contributed by atoms with Crippen molar-refractivity contribution in [1.82, 2.24) is 14.9 Å². The Morgan fingerprint density at radius 3 is 2.70 bits per heavy atom. The molecular formula is C26H26N4O2S. The fourth-order valence-electron chi connectivity index (χ4n) is 3.89. The van der Waals surface area contributed by atoms with Crippen molar-refractivity contribution in [2.75, 3.05) is 12.4 Å². The Balaban J connectivity index is 1.68. The van der Waals surface area contributed by atoms with Crippen LogP contribution < -0.4 is 15.6 Å². The van der Waals surface area contributed by atoms with Crippen LogP contribution in [-0.2, 0) is 13.1 Å². The summed E-state index contributed by atoms with van der Waals surface area (Å²) in [7, 11) is 1.62. The molecule has 2 aromatic heterocycles. The topological polar surface area (TPSA) is 70.2 Å². The van der Waals surface area contributed by atoms with Crippen LogP contribution >= 0.6 is 12.2 Å². The highest BCUT2D eigenvalue weighted by Crippen LogP contribution is 2.24. The highest BCUT2D eigenvalue weighted by Gasteiger charge is 2.16.